The van der Waals surface area contributed by atoms with E-state index < -0.39 is 0 Å². The van der Waals surface area contributed by atoms with Gasteiger partial charge in [0.25, 0.3) is 0 Å². The molecule has 0 radical (unpaired) electrons. The van der Waals surface area contributed by atoms with Gasteiger partial charge in [-0.15, -0.1) is 0 Å². The number of nitrogens with one attached hydrogen (secondary N) is 1. The molecule has 18 heavy (non-hydrogen) atoms. The third-order valence-electron chi connectivity index (χ3n) is 3.62. The first-order chi connectivity index (χ1) is 8.79. The minimum atomic E-state index is 0.433. The van der Waals surface area contributed by atoms with Crippen molar-refractivity contribution in [3.8, 4) is 0 Å². The molecule has 1 unspecified atom stereocenters. The molecule has 100 valence electrons. The summed E-state index contributed by atoms with van der Waals surface area (Å²) in [7, 11) is 1.99. The van der Waals surface area contributed by atoms with E-state index in [1.54, 1.807) is 5.57 Å². The summed E-state index contributed by atoms with van der Waals surface area (Å²) >= 11 is 0. The van der Waals surface area contributed by atoms with E-state index in [9.17, 15) is 0 Å². The third-order valence-corrected chi connectivity index (χ3v) is 3.62. The summed E-state index contributed by atoms with van der Waals surface area (Å²) in [5.41, 5.74) is 2.94. The predicted molar refractivity (Wildman–Crippen MR) is 75.4 cm³/mol. The lowest BCUT2D eigenvalue weighted by Gasteiger charge is -2.21. The number of aryl methyl sites for hydroxylation is 1. The summed E-state index contributed by atoms with van der Waals surface area (Å²) in [4.78, 5) is 0. The average Bonchev–Trinajstić information content (AvgIpc) is 2.82. The quantitative estimate of drug-likeness (QED) is 0.781. The molecule has 1 N–H and O–H groups in total. The van der Waals surface area contributed by atoms with Gasteiger partial charge in [0, 0.05) is 24.8 Å². The lowest BCUT2D eigenvalue weighted by molar-refractivity contribution is 0.511. The molecule has 0 aliphatic heterocycles. The van der Waals surface area contributed by atoms with Gasteiger partial charge in [-0.1, -0.05) is 18.6 Å². The van der Waals surface area contributed by atoms with Crippen molar-refractivity contribution >= 4 is 0 Å². The molecular weight excluding hydrogens is 222 g/mol. The number of aromatic nitrogens is 2. The second-order valence-electron chi connectivity index (χ2n) is 5.27. The molecule has 2 rings (SSSR count). The van der Waals surface area contributed by atoms with Crippen molar-refractivity contribution in [3.05, 3.63) is 29.6 Å². The van der Waals surface area contributed by atoms with Gasteiger partial charge in [0.1, 0.15) is 0 Å². The van der Waals surface area contributed by atoms with Crippen LogP contribution in [-0.2, 0) is 7.05 Å². The summed E-state index contributed by atoms with van der Waals surface area (Å²) in [6, 6.07) is 0.433. The molecule has 0 aromatic carbocycles. The Hall–Kier alpha value is -1.09. The maximum Gasteiger partial charge on any atom is 0.0537 e. The van der Waals surface area contributed by atoms with Crippen LogP contribution in [0.2, 0.25) is 0 Å². The van der Waals surface area contributed by atoms with Crippen LogP contribution >= 0.6 is 0 Å². The van der Waals surface area contributed by atoms with Crippen molar-refractivity contribution in [2.24, 2.45) is 7.05 Å². The van der Waals surface area contributed by atoms with Crippen LogP contribution < -0.4 is 5.32 Å². The number of hydrogen-bond donors (Lipinski definition) is 1. The fourth-order valence-electron chi connectivity index (χ4n) is 2.60. The van der Waals surface area contributed by atoms with E-state index in [2.05, 4.69) is 29.6 Å². The number of rotatable bonds is 6. The molecule has 1 aliphatic rings. The van der Waals surface area contributed by atoms with Gasteiger partial charge in [0.15, 0.2) is 0 Å². The van der Waals surface area contributed by atoms with Crippen LogP contribution in [0.5, 0.6) is 0 Å². The fraction of sp³-hybridized carbons (Fsp3) is 0.667. The summed E-state index contributed by atoms with van der Waals surface area (Å²) in [6.45, 7) is 3.29. The zero-order chi connectivity index (χ0) is 12.8. The third kappa shape index (κ3) is 3.70. The first-order valence-corrected chi connectivity index (χ1v) is 7.19. The Kier molecular flexibility index (Phi) is 5.00. The molecule has 0 bridgehead atoms. The zero-order valence-electron chi connectivity index (χ0n) is 11.7. The first-order valence-electron chi connectivity index (χ1n) is 7.19. The minimum Gasteiger partial charge on any atom is -0.310 e. The molecule has 1 aliphatic carbocycles. The van der Waals surface area contributed by atoms with Crippen molar-refractivity contribution in [1.29, 1.82) is 0 Å². The molecule has 1 aromatic rings. The van der Waals surface area contributed by atoms with Gasteiger partial charge in [-0.2, -0.15) is 5.10 Å². The molecular formula is C15H25N3. The minimum absolute atomic E-state index is 0.433. The Labute approximate surface area is 110 Å². The Balaban J connectivity index is 2.02. The molecule has 0 saturated carbocycles. The monoisotopic (exact) mass is 247 g/mol. The van der Waals surface area contributed by atoms with E-state index in [0.29, 0.717) is 6.04 Å². The van der Waals surface area contributed by atoms with Crippen molar-refractivity contribution < 1.29 is 0 Å². The number of hydrogen-bond acceptors (Lipinski definition) is 2. The highest BCUT2D eigenvalue weighted by Gasteiger charge is 2.15. The van der Waals surface area contributed by atoms with E-state index in [1.165, 1.54) is 37.7 Å². The normalized spacial score (nSPS) is 17.6. The molecule has 0 saturated heterocycles. The van der Waals surface area contributed by atoms with Crippen LogP contribution in [0.3, 0.4) is 0 Å². The van der Waals surface area contributed by atoms with Crippen LogP contribution in [0.15, 0.2) is 24.0 Å². The second-order valence-corrected chi connectivity index (χ2v) is 5.27. The molecule has 0 spiro atoms. The van der Waals surface area contributed by atoms with E-state index in [0.717, 1.165) is 13.0 Å². The molecule has 3 nitrogen and oxygen atoms in total. The van der Waals surface area contributed by atoms with Gasteiger partial charge < -0.3 is 5.32 Å². The highest BCUT2D eigenvalue weighted by atomic mass is 15.2. The van der Waals surface area contributed by atoms with Crippen molar-refractivity contribution in [1.82, 2.24) is 15.1 Å². The first kappa shape index (κ1) is 13.3. The van der Waals surface area contributed by atoms with Gasteiger partial charge in [0.2, 0.25) is 0 Å². The maximum atomic E-state index is 4.30. The zero-order valence-corrected chi connectivity index (χ0v) is 11.7. The smallest absolute Gasteiger partial charge is 0.0537 e. The molecule has 1 heterocycles. The lowest BCUT2D eigenvalue weighted by Crippen LogP contribution is -2.22. The molecule has 3 heteroatoms. The Morgan fingerprint density at radius 1 is 1.44 bits per heavy atom. The van der Waals surface area contributed by atoms with E-state index >= 15 is 0 Å². The van der Waals surface area contributed by atoms with Crippen LogP contribution in [0.25, 0.3) is 0 Å². The van der Waals surface area contributed by atoms with Crippen molar-refractivity contribution in [3.63, 3.8) is 0 Å². The van der Waals surface area contributed by atoms with Crippen LogP contribution in [0, 0.1) is 0 Å². The topological polar surface area (TPSA) is 29.9 Å². The van der Waals surface area contributed by atoms with E-state index in [-0.39, 0.29) is 0 Å². The molecule has 0 amide bonds. The highest BCUT2D eigenvalue weighted by Crippen LogP contribution is 2.27. The van der Waals surface area contributed by atoms with Crippen LogP contribution in [-0.4, -0.2) is 16.3 Å². The largest absolute Gasteiger partial charge is 0.310 e. The number of allylic oxidation sites excluding steroid dienone is 1. The summed E-state index contributed by atoms with van der Waals surface area (Å²) < 4.78 is 1.89. The molecule has 1 atom stereocenters. The average molecular weight is 247 g/mol. The van der Waals surface area contributed by atoms with Crippen LogP contribution in [0.4, 0.5) is 0 Å². The Bertz CT molecular complexity index is 392. The summed E-state index contributed by atoms with van der Waals surface area (Å²) in [6.07, 6.45) is 14.2. The van der Waals surface area contributed by atoms with Gasteiger partial charge in [-0.05, 0) is 45.1 Å². The highest BCUT2D eigenvalue weighted by molar-refractivity contribution is 5.16. The Morgan fingerprint density at radius 3 is 2.94 bits per heavy atom. The lowest BCUT2D eigenvalue weighted by atomic mass is 9.92. The Morgan fingerprint density at radius 2 is 2.33 bits per heavy atom. The number of nitrogens with zero attached hydrogens (tertiary/aromatic N) is 2. The van der Waals surface area contributed by atoms with Crippen molar-refractivity contribution in [2.75, 3.05) is 6.54 Å². The molecule has 0 fully saturated rings. The maximum absolute atomic E-state index is 4.30. The standard InChI is InChI=1S/C15H25N3/c1-3-9-16-15(14-11-17-18(2)12-14)10-13-7-5-4-6-8-13/h7,11-12,15-16H,3-6,8-10H2,1-2H3. The SMILES string of the molecule is CCCNC(CC1=CCCCC1)c1cnn(C)c1. The van der Waals surface area contributed by atoms with E-state index in [1.807, 2.05) is 17.9 Å². The second kappa shape index (κ2) is 6.74. The molecule has 1 aromatic heterocycles. The van der Waals surface area contributed by atoms with Crippen molar-refractivity contribution in [2.45, 2.75) is 51.5 Å². The van der Waals surface area contributed by atoms with Gasteiger partial charge in [0.05, 0.1) is 6.20 Å². The summed E-state index contributed by atoms with van der Waals surface area (Å²) in [5, 5.41) is 7.95. The fourth-order valence-corrected chi connectivity index (χ4v) is 2.60. The van der Waals surface area contributed by atoms with Gasteiger partial charge in [-0.3, -0.25) is 4.68 Å². The summed E-state index contributed by atoms with van der Waals surface area (Å²) in [5.74, 6) is 0. The predicted octanol–water partition coefficient (Wildman–Crippen LogP) is 3.35. The van der Waals surface area contributed by atoms with Gasteiger partial charge >= 0.3 is 0 Å². The van der Waals surface area contributed by atoms with Crippen LogP contribution in [0.1, 0.15) is 57.1 Å². The van der Waals surface area contributed by atoms with Gasteiger partial charge in [-0.25, -0.2) is 0 Å². The van der Waals surface area contributed by atoms with E-state index in [4.69, 9.17) is 0 Å².